The van der Waals surface area contributed by atoms with Crippen molar-refractivity contribution >= 4 is 16.8 Å². The molecule has 0 spiro atoms. The van der Waals surface area contributed by atoms with Crippen LogP contribution in [-0.4, -0.2) is 38.7 Å². The number of hydrogen-bond acceptors (Lipinski definition) is 2. The van der Waals surface area contributed by atoms with E-state index in [2.05, 4.69) is 52.2 Å². The Kier molecular flexibility index (Phi) is 3.88. The van der Waals surface area contributed by atoms with E-state index in [0.717, 1.165) is 31.6 Å². The predicted molar refractivity (Wildman–Crippen MR) is 106 cm³/mol. The summed E-state index contributed by atoms with van der Waals surface area (Å²) in [5.41, 5.74) is 4.14. The van der Waals surface area contributed by atoms with E-state index in [-0.39, 0.29) is 5.91 Å². The highest BCUT2D eigenvalue weighted by Gasteiger charge is 2.37. The summed E-state index contributed by atoms with van der Waals surface area (Å²) in [6, 6.07) is 12.3. The average Bonchev–Trinajstić information content (AvgIpc) is 3.40. The third-order valence-electron chi connectivity index (χ3n) is 6.09. The maximum atomic E-state index is 12.9. The van der Waals surface area contributed by atoms with Crippen molar-refractivity contribution in [2.45, 2.75) is 26.3 Å². The first-order valence-corrected chi connectivity index (χ1v) is 9.70. The highest BCUT2D eigenvalue weighted by Crippen LogP contribution is 2.36. The number of hydrogen-bond donors (Lipinski definition) is 1. The van der Waals surface area contributed by atoms with E-state index in [1.54, 1.807) is 0 Å². The minimum Gasteiger partial charge on any atom is -0.341 e. The highest BCUT2D eigenvalue weighted by atomic mass is 16.2. The maximum Gasteiger partial charge on any atom is 0.274 e. The van der Waals surface area contributed by atoms with Gasteiger partial charge in [0, 0.05) is 24.8 Å². The van der Waals surface area contributed by atoms with Crippen molar-refractivity contribution in [3.05, 3.63) is 65.6 Å². The van der Waals surface area contributed by atoms with Crippen LogP contribution < -0.4 is 0 Å². The molecule has 1 aromatic carbocycles. The number of rotatable bonds is 3. The number of allylic oxidation sites excluding steroid dienone is 2. The van der Waals surface area contributed by atoms with Gasteiger partial charge in [0.25, 0.3) is 5.91 Å². The number of H-pyrrole nitrogens is 1. The number of carbonyl (C=O) groups is 1. The number of nitrogens with zero attached hydrogens (tertiary/aromatic N) is 3. The number of benzene rings is 1. The smallest absolute Gasteiger partial charge is 0.274 e. The van der Waals surface area contributed by atoms with Crippen molar-refractivity contribution in [2.24, 2.45) is 11.8 Å². The summed E-state index contributed by atoms with van der Waals surface area (Å²) in [7, 11) is 0. The van der Waals surface area contributed by atoms with Gasteiger partial charge in [-0.15, -0.1) is 0 Å². The fourth-order valence-electron chi connectivity index (χ4n) is 4.63. The molecular formula is C22H24N4O. The second-order valence-electron chi connectivity index (χ2n) is 8.00. The van der Waals surface area contributed by atoms with Gasteiger partial charge in [-0.25, -0.2) is 0 Å². The zero-order valence-electron chi connectivity index (χ0n) is 15.6. The molecular weight excluding hydrogens is 336 g/mol. The van der Waals surface area contributed by atoms with Gasteiger partial charge in [0.05, 0.1) is 12.2 Å². The number of aromatic amines is 1. The molecule has 0 saturated carbocycles. The number of aromatic nitrogens is 3. The van der Waals surface area contributed by atoms with Gasteiger partial charge in [-0.05, 0) is 55.2 Å². The van der Waals surface area contributed by atoms with E-state index in [0.29, 0.717) is 24.1 Å². The molecule has 5 nitrogen and oxygen atoms in total. The standard InChI is InChI=1S/C22H24N4O/c1-15-6-7-17-12-26(13-18(17)10-15)22(27)20-11-19(23-24-20)14-25-9-8-16-4-2-3-5-21(16)25/h2-6,8-9,11,17-18H,7,10,12-14H2,1H3,(H,23,24)/t17-,18+/m1/s1. The van der Waals surface area contributed by atoms with Gasteiger partial charge < -0.3 is 9.47 Å². The fraction of sp³-hybridized carbons (Fsp3) is 0.364. The van der Waals surface area contributed by atoms with Crippen LogP contribution in [0.25, 0.3) is 10.9 Å². The van der Waals surface area contributed by atoms with Gasteiger partial charge in [-0.1, -0.05) is 29.8 Å². The van der Waals surface area contributed by atoms with E-state index in [1.165, 1.54) is 16.5 Å². The molecule has 1 aliphatic heterocycles. The molecule has 5 heteroatoms. The molecule has 2 aliphatic rings. The minimum atomic E-state index is 0.0573. The summed E-state index contributed by atoms with van der Waals surface area (Å²) in [5.74, 6) is 1.29. The Morgan fingerprint density at radius 2 is 2.07 bits per heavy atom. The highest BCUT2D eigenvalue weighted by molar-refractivity contribution is 5.92. The topological polar surface area (TPSA) is 53.9 Å². The lowest BCUT2D eigenvalue weighted by Crippen LogP contribution is -2.29. The monoisotopic (exact) mass is 360 g/mol. The first-order chi connectivity index (χ1) is 13.2. The molecule has 27 heavy (non-hydrogen) atoms. The molecule has 0 unspecified atom stereocenters. The molecule has 0 radical (unpaired) electrons. The maximum absolute atomic E-state index is 12.9. The summed E-state index contributed by atoms with van der Waals surface area (Å²) < 4.78 is 2.18. The largest absolute Gasteiger partial charge is 0.341 e. The lowest BCUT2D eigenvalue weighted by atomic mass is 9.83. The third kappa shape index (κ3) is 2.97. The Labute approximate surface area is 158 Å². The van der Waals surface area contributed by atoms with Crippen molar-refractivity contribution in [1.29, 1.82) is 0 Å². The van der Waals surface area contributed by atoms with Crippen molar-refractivity contribution in [3.8, 4) is 0 Å². The summed E-state index contributed by atoms with van der Waals surface area (Å²) in [5, 5.41) is 8.58. The number of likely N-dealkylation sites (tertiary alicyclic amines) is 1. The first kappa shape index (κ1) is 16.4. The average molecular weight is 360 g/mol. The van der Waals surface area contributed by atoms with Crippen LogP contribution in [0.2, 0.25) is 0 Å². The van der Waals surface area contributed by atoms with Crippen LogP contribution in [0, 0.1) is 11.8 Å². The van der Waals surface area contributed by atoms with Crippen LogP contribution >= 0.6 is 0 Å². The van der Waals surface area contributed by atoms with Crippen LogP contribution in [-0.2, 0) is 6.54 Å². The van der Waals surface area contributed by atoms with Crippen LogP contribution in [0.3, 0.4) is 0 Å². The number of para-hydroxylation sites is 1. The molecule has 0 bridgehead atoms. The lowest BCUT2D eigenvalue weighted by molar-refractivity contribution is 0.0778. The van der Waals surface area contributed by atoms with E-state index in [4.69, 9.17) is 0 Å². The normalized spacial score (nSPS) is 22.1. The van der Waals surface area contributed by atoms with E-state index in [9.17, 15) is 4.79 Å². The van der Waals surface area contributed by atoms with Gasteiger partial charge in [-0.2, -0.15) is 5.10 Å². The van der Waals surface area contributed by atoms with Crippen molar-refractivity contribution in [1.82, 2.24) is 19.7 Å². The zero-order valence-corrected chi connectivity index (χ0v) is 15.6. The fourth-order valence-corrected chi connectivity index (χ4v) is 4.63. The molecule has 1 amide bonds. The Morgan fingerprint density at radius 1 is 1.22 bits per heavy atom. The second kappa shape index (κ2) is 6.41. The Bertz CT molecular complexity index is 1030. The molecule has 5 rings (SSSR count). The Morgan fingerprint density at radius 3 is 3.00 bits per heavy atom. The van der Waals surface area contributed by atoms with Gasteiger partial charge >= 0.3 is 0 Å². The van der Waals surface area contributed by atoms with Crippen LogP contribution in [0.5, 0.6) is 0 Å². The summed E-state index contributed by atoms with van der Waals surface area (Å²) in [4.78, 5) is 14.9. The molecule has 138 valence electrons. The molecule has 2 aromatic heterocycles. The minimum absolute atomic E-state index is 0.0573. The van der Waals surface area contributed by atoms with Crippen molar-refractivity contribution in [2.75, 3.05) is 13.1 Å². The lowest BCUT2D eigenvalue weighted by Gasteiger charge is -2.21. The Hall–Kier alpha value is -2.82. The second-order valence-corrected chi connectivity index (χ2v) is 8.00. The van der Waals surface area contributed by atoms with Crippen LogP contribution in [0.15, 0.2) is 54.2 Å². The van der Waals surface area contributed by atoms with E-state index < -0.39 is 0 Å². The molecule has 1 fully saturated rings. The molecule has 1 aliphatic carbocycles. The van der Waals surface area contributed by atoms with Gasteiger partial charge in [-0.3, -0.25) is 9.89 Å². The van der Waals surface area contributed by atoms with Gasteiger partial charge in [0.15, 0.2) is 0 Å². The number of fused-ring (bicyclic) bond motifs is 2. The van der Waals surface area contributed by atoms with Crippen LogP contribution in [0.4, 0.5) is 0 Å². The van der Waals surface area contributed by atoms with Crippen molar-refractivity contribution in [3.63, 3.8) is 0 Å². The molecule has 2 atom stereocenters. The van der Waals surface area contributed by atoms with Gasteiger partial charge in [0.2, 0.25) is 0 Å². The first-order valence-electron chi connectivity index (χ1n) is 9.70. The van der Waals surface area contributed by atoms with E-state index >= 15 is 0 Å². The van der Waals surface area contributed by atoms with Crippen LogP contribution in [0.1, 0.15) is 35.9 Å². The predicted octanol–water partition coefficient (Wildman–Crippen LogP) is 3.84. The quantitative estimate of drug-likeness (QED) is 0.722. The summed E-state index contributed by atoms with van der Waals surface area (Å²) >= 11 is 0. The SMILES string of the molecule is CC1=CC[C@@H]2CN(C(=O)c3cc(Cn4ccc5ccccc54)[nH]n3)C[C@@H]2C1. The third-order valence-corrected chi connectivity index (χ3v) is 6.09. The number of amides is 1. The zero-order chi connectivity index (χ0) is 18.4. The summed E-state index contributed by atoms with van der Waals surface area (Å²) in [6.45, 7) is 4.60. The molecule has 3 aromatic rings. The number of carbonyl (C=O) groups excluding carboxylic acids is 1. The number of nitrogens with one attached hydrogen (secondary N) is 1. The molecule has 1 saturated heterocycles. The van der Waals surface area contributed by atoms with Gasteiger partial charge in [0.1, 0.15) is 5.69 Å². The molecule has 3 heterocycles. The van der Waals surface area contributed by atoms with E-state index in [1.807, 2.05) is 23.1 Å². The Balaban J connectivity index is 1.30. The van der Waals surface area contributed by atoms with Crippen molar-refractivity contribution < 1.29 is 4.79 Å². The summed E-state index contributed by atoms with van der Waals surface area (Å²) in [6.07, 6.45) is 6.64. The molecule has 1 N–H and O–H groups in total.